The molecule has 1 aromatic rings. The second-order valence-corrected chi connectivity index (χ2v) is 10.2. The van der Waals surface area contributed by atoms with E-state index < -0.39 is 0 Å². The summed E-state index contributed by atoms with van der Waals surface area (Å²) < 4.78 is 1.52. The molecule has 3 fully saturated rings. The fraction of sp³-hybridized carbons (Fsp3) is 0.760. The van der Waals surface area contributed by atoms with Gasteiger partial charge in [0.2, 0.25) is 0 Å². The Labute approximate surface area is 169 Å². The highest BCUT2D eigenvalue weighted by Gasteiger charge is 2.29. The van der Waals surface area contributed by atoms with Crippen LogP contribution in [0.3, 0.4) is 0 Å². The van der Waals surface area contributed by atoms with Gasteiger partial charge in [0, 0.05) is 4.47 Å². The first kappa shape index (κ1) is 19.0. The summed E-state index contributed by atoms with van der Waals surface area (Å²) in [7, 11) is 0. The molecule has 0 unspecified atom stereocenters. The third-order valence-corrected chi connectivity index (χ3v) is 8.63. The van der Waals surface area contributed by atoms with Gasteiger partial charge >= 0.3 is 0 Å². The van der Waals surface area contributed by atoms with Crippen molar-refractivity contribution in [1.29, 1.82) is 0 Å². The Kier molecular flexibility index (Phi) is 6.44. The molecule has 3 aliphatic rings. The molecule has 0 saturated heterocycles. The summed E-state index contributed by atoms with van der Waals surface area (Å²) in [6, 6.07) is 2.68. The molecule has 144 valence electrons. The molecule has 1 heteroatoms. The average molecular weight is 417 g/mol. The third-order valence-electron chi connectivity index (χ3n) is 7.74. The second kappa shape index (κ2) is 8.80. The third kappa shape index (κ3) is 3.94. The van der Waals surface area contributed by atoms with Gasteiger partial charge in [0.25, 0.3) is 0 Å². The van der Waals surface area contributed by atoms with Gasteiger partial charge in [-0.3, -0.25) is 0 Å². The molecule has 3 aliphatic carbocycles. The average Bonchev–Trinajstić information content (AvgIpc) is 2.70. The van der Waals surface area contributed by atoms with E-state index in [9.17, 15) is 0 Å². The van der Waals surface area contributed by atoms with E-state index in [0.29, 0.717) is 0 Å². The van der Waals surface area contributed by atoms with Gasteiger partial charge in [-0.15, -0.1) is 0 Å². The van der Waals surface area contributed by atoms with E-state index in [4.69, 9.17) is 0 Å². The maximum Gasteiger partial charge on any atom is 0.0247 e. The number of rotatable bonds is 3. The molecule has 0 nitrogen and oxygen atoms in total. The highest BCUT2D eigenvalue weighted by Crippen LogP contribution is 2.47. The lowest BCUT2D eigenvalue weighted by molar-refractivity contribution is 0.423. The van der Waals surface area contributed by atoms with Crippen molar-refractivity contribution < 1.29 is 0 Å². The minimum absolute atomic E-state index is 0.809. The number of benzene rings is 1. The molecule has 0 aromatic heterocycles. The van der Waals surface area contributed by atoms with Crippen LogP contribution in [0.15, 0.2) is 10.5 Å². The Balaban J connectivity index is 1.76. The minimum Gasteiger partial charge on any atom is -0.0538 e. The number of hydrogen-bond donors (Lipinski definition) is 0. The predicted octanol–water partition coefficient (Wildman–Crippen LogP) is 8.90. The van der Waals surface area contributed by atoms with Crippen LogP contribution < -0.4 is 0 Å². The summed E-state index contributed by atoms with van der Waals surface area (Å²) >= 11 is 4.16. The summed E-state index contributed by atoms with van der Waals surface area (Å²) in [6.45, 7) is 2.46. The first-order chi connectivity index (χ1) is 12.8. The second-order valence-electron chi connectivity index (χ2n) is 9.41. The zero-order valence-electron chi connectivity index (χ0n) is 16.8. The molecule has 1 aromatic carbocycles. The molecule has 0 bridgehead atoms. The van der Waals surface area contributed by atoms with E-state index in [1.165, 1.54) is 101 Å². The van der Waals surface area contributed by atoms with Crippen LogP contribution in [-0.4, -0.2) is 0 Å². The van der Waals surface area contributed by atoms with Gasteiger partial charge in [-0.05, 0) is 85.5 Å². The molecular formula is C25H37Br. The van der Waals surface area contributed by atoms with Crippen molar-refractivity contribution in [2.24, 2.45) is 0 Å². The molecule has 26 heavy (non-hydrogen) atoms. The molecule has 4 rings (SSSR count). The number of hydrogen-bond acceptors (Lipinski definition) is 0. The smallest absolute Gasteiger partial charge is 0.0247 e. The van der Waals surface area contributed by atoms with Crippen molar-refractivity contribution in [3.05, 3.63) is 32.8 Å². The fourth-order valence-electron chi connectivity index (χ4n) is 6.24. The molecule has 0 N–H and O–H groups in total. The molecule has 0 amide bonds. The van der Waals surface area contributed by atoms with Crippen LogP contribution in [0.25, 0.3) is 0 Å². The minimum atomic E-state index is 0.809. The molecule has 0 aliphatic heterocycles. The SMILES string of the molecule is Cc1c(C2CCCCC2)cc(C2CCCCC2)c(Br)c1C1CCCCC1. The van der Waals surface area contributed by atoms with Gasteiger partial charge in [0.05, 0.1) is 0 Å². The normalized spacial score (nSPS) is 24.1. The van der Waals surface area contributed by atoms with Gasteiger partial charge in [-0.2, -0.15) is 0 Å². The lowest BCUT2D eigenvalue weighted by Crippen LogP contribution is -2.15. The number of halogens is 1. The van der Waals surface area contributed by atoms with Crippen molar-refractivity contribution >= 4 is 15.9 Å². The topological polar surface area (TPSA) is 0 Å². The van der Waals surface area contributed by atoms with Gasteiger partial charge in [0.1, 0.15) is 0 Å². The monoisotopic (exact) mass is 416 g/mol. The van der Waals surface area contributed by atoms with Crippen molar-refractivity contribution in [2.45, 2.75) is 121 Å². The van der Waals surface area contributed by atoms with E-state index in [2.05, 4.69) is 28.9 Å². The Morgan fingerprint density at radius 1 is 0.615 bits per heavy atom. The van der Waals surface area contributed by atoms with Gasteiger partial charge in [-0.25, -0.2) is 0 Å². The summed E-state index contributed by atoms with van der Waals surface area (Å²) in [4.78, 5) is 0. The van der Waals surface area contributed by atoms with E-state index in [1.807, 2.05) is 0 Å². The van der Waals surface area contributed by atoms with Gasteiger partial charge in [-0.1, -0.05) is 79.8 Å². The maximum absolute atomic E-state index is 4.16. The molecule has 0 heterocycles. The molecule has 0 atom stereocenters. The van der Waals surface area contributed by atoms with Gasteiger partial charge in [0.15, 0.2) is 0 Å². The quantitative estimate of drug-likeness (QED) is 0.460. The standard InChI is InChI=1S/C25H37Br/c1-18-22(19-11-5-2-6-12-19)17-23(20-13-7-3-8-14-20)25(26)24(18)21-15-9-4-10-16-21/h17,19-21H,2-16H2,1H3. The van der Waals surface area contributed by atoms with E-state index >= 15 is 0 Å². The lowest BCUT2D eigenvalue weighted by atomic mass is 9.74. The Bertz CT molecular complexity index is 557. The summed E-state index contributed by atoms with van der Waals surface area (Å²) in [5.74, 6) is 2.45. The first-order valence-corrected chi connectivity index (χ1v) is 12.4. The zero-order chi connectivity index (χ0) is 17.9. The van der Waals surface area contributed by atoms with Crippen LogP contribution in [0.1, 0.15) is 136 Å². The molecular weight excluding hydrogens is 380 g/mol. The van der Waals surface area contributed by atoms with Crippen molar-refractivity contribution in [3.8, 4) is 0 Å². The summed E-state index contributed by atoms with van der Waals surface area (Å²) in [5, 5.41) is 0. The van der Waals surface area contributed by atoms with Crippen LogP contribution in [0, 0.1) is 6.92 Å². The van der Waals surface area contributed by atoms with Gasteiger partial charge < -0.3 is 0 Å². The van der Waals surface area contributed by atoms with Crippen LogP contribution in [0.5, 0.6) is 0 Å². The summed E-state index contributed by atoms with van der Waals surface area (Å²) in [5.41, 5.74) is 6.83. The lowest BCUT2D eigenvalue weighted by Gasteiger charge is -2.33. The molecule has 0 spiro atoms. The molecule has 3 saturated carbocycles. The van der Waals surface area contributed by atoms with Crippen LogP contribution in [-0.2, 0) is 0 Å². The Hall–Kier alpha value is -0.300. The van der Waals surface area contributed by atoms with Crippen molar-refractivity contribution in [1.82, 2.24) is 0 Å². The summed E-state index contributed by atoms with van der Waals surface area (Å²) in [6.07, 6.45) is 21.5. The predicted molar refractivity (Wildman–Crippen MR) is 116 cm³/mol. The first-order valence-electron chi connectivity index (χ1n) is 11.6. The van der Waals surface area contributed by atoms with Crippen molar-refractivity contribution in [2.75, 3.05) is 0 Å². The van der Waals surface area contributed by atoms with E-state index in [1.54, 1.807) is 22.3 Å². The Morgan fingerprint density at radius 2 is 1.04 bits per heavy atom. The van der Waals surface area contributed by atoms with E-state index in [0.717, 1.165) is 17.8 Å². The highest BCUT2D eigenvalue weighted by atomic mass is 79.9. The molecule has 0 radical (unpaired) electrons. The maximum atomic E-state index is 4.16. The Morgan fingerprint density at radius 3 is 1.54 bits per heavy atom. The highest BCUT2D eigenvalue weighted by molar-refractivity contribution is 9.10. The largest absolute Gasteiger partial charge is 0.0538 e. The zero-order valence-corrected chi connectivity index (χ0v) is 18.4. The van der Waals surface area contributed by atoms with E-state index in [-0.39, 0.29) is 0 Å². The van der Waals surface area contributed by atoms with Crippen LogP contribution in [0.4, 0.5) is 0 Å². The van der Waals surface area contributed by atoms with Crippen LogP contribution in [0.2, 0.25) is 0 Å². The van der Waals surface area contributed by atoms with Crippen molar-refractivity contribution in [3.63, 3.8) is 0 Å². The van der Waals surface area contributed by atoms with Crippen LogP contribution >= 0.6 is 15.9 Å². The fourth-order valence-corrected chi connectivity index (χ4v) is 7.30.